The number of thiophene rings is 1. The quantitative estimate of drug-likeness (QED) is 0.797. The van der Waals surface area contributed by atoms with Gasteiger partial charge in [0, 0.05) is 16.0 Å². The molecule has 2 heterocycles. The highest BCUT2D eigenvalue weighted by Gasteiger charge is 2.09. The molecule has 0 saturated heterocycles. The molecule has 0 unspecified atom stereocenters. The fraction of sp³-hybridized carbons (Fsp3) is 0.182. The number of nitrogens with zero attached hydrogens (tertiary/aromatic N) is 2. The summed E-state index contributed by atoms with van der Waals surface area (Å²) in [7, 11) is 0. The molecule has 2 aromatic heterocycles. The summed E-state index contributed by atoms with van der Waals surface area (Å²) in [5.41, 5.74) is 1.31. The molecule has 2 aromatic rings. The number of carbonyl (C=O) groups excluding carboxylic acids is 1. The normalized spacial score (nSPS) is 10.4. The Morgan fingerprint density at radius 3 is 2.75 bits per heavy atom. The van der Waals surface area contributed by atoms with Crippen molar-refractivity contribution in [1.29, 1.82) is 0 Å². The SMILES string of the molecule is CC(=O)c1cnc(-c2cc(Br)cs2)nc1C. The number of carbonyl (C=O) groups is 1. The minimum atomic E-state index is -0.00332. The summed E-state index contributed by atoms with van der Waals surface area (Å²) in [5, 5.41) is 1.98. The predicted octanol–water partition coefficient (Wildman–Crippen LogP) is 3.48. The maximum atomic E-state index is 11.2. The Labute approximate surface area is 106 Å². The van der Waals surface area contributed by atoms with E-state index in [9.17, 15) is 4.79 Å². The van der Waals surface area contributed by atoms with Crippen LogP contribution >= 0.6 is 27.3 Å². The van der Waals surface area contributed by atoms with Crippen molar-refractivity contribution in [3.05, 3.63) is 33.4 Å². The van der Waals surface area contributed by atoms with E-state index in [0.717, 1.165) is 15.0 Å². The van der Waals surface area contributed by atoms with E-state index in [1.807, 2.05) is 18.4 Å². The molecule has 0 amide bonds. The van der Waals surface area contributed by atoms with Crippen LogP contribution in [0.3, 0.4) is 0 Å². The van der Waals surface area contributed by atoms with Crippen molar-refractivity contribution in [1.82, 2.24) is 9.97 Å². The molecule has 16 heavy (non-hydrogen) atoms. The predicted molar refractivity (Wildman–Crippen MR) is 67.8 cm³/mol. The van der Waals surface area contributed by atoms with E-state index < -0.39 is 0 Å². The van der Waals surface area contributed by atoms with Crippen LogP contribution in [0.2, 0.25) is 0 Å². The lowest BCUT2D eigenvalue weighted by atomic mass is 10.2. The molecule has 0 spiro atoms. The molecule has 0 fully saturated rings. The number of ketones is 1. The second-order valence-corrected chi connectivity index (χ2v) is 5.20. The molecule has 2 rings (SSSR count). The van der Waals surface area contributed by atoms with Crippen molar-refractivity contribution in [3.8, 4) is 10.7 Å². The van der Waals surface area contributed by atoms with Crippen LogP contribution < -0.4 is 0 Å². The summed E-state index contributed by atoms with van der Waals surface area (Å²) in [6.07, 6.45) is 1.59. The largest absolute Gasteiger partial charge is 0.294 e. The summed E-state index contributed by atoms with van der Waals surface area (Å²) in [6, 6.07) is 1.97. The number of Topliss-reactive ketones (excluding diaryl/α,β-unsaturated/α-hetero) is 1. The minimum absolute atomic E-state index is 0.00332. The van der Waals surface area contributed by atoms with E-state index in [2.05, 4.69) is 25.9 Å². The first-order valence-electron chi connectivity index (χ1n) is 4.67. The van der Waals surface area contributed by atoms with E-state index in [-0.39, 0.29) is 5.78 Å². The van der Waals surface area contributed by atoms with Crippen LogP contribution in [-0.4, -0.2) is 15.8 Å². The highest BCUT2D eigenvalue weighted by Crippen LogP contribution is 2.27. The standard InChI is InChI=1S/C11H9BrN2OS/c1-6-9(7(2)15)4-13-11(14-6)10-3-8(12)5-16-10/h3-5H,1-2H3. The number of hydrogen-bond acceptors (Lipinski definition) is 4. The van der Waals surface area contributed by atoms with Gasteiger partial charge in [-0.1, -0.05) is 0 Å². The molecule has 0 N–H and O–H groups in total. The smallest absolute Gasteiger partial charge is 0.169 e. The molecular formula is C11H9BrN2OS. The van der Waals surface area contributed by atoms with Crippen molar-refractivity contribution < 1.29 is 4.79 Å². The molecule has 82 valence electrons. The third kappa shape index (κ3) is 2.20. The first kappa shape index (κ1) is 11.4. The molecule has 0 aliphatic heterocycles. The summed E-state index contributed by atoms with van der Waals surface area (Å²) >= 11 is 4.96. The van der Waals surface area contributed by atoms with Gasteiger partial charge in [0.15, 0.2) is 11.6 Å². The van der Waals surface area contributed by atoms with Gasteiger partial charge < -0.3 is 0 Å². The molecule has 0 aliphatic carbocycles. The molecule has 3 nitrogen and oxygen atoms in total. The van der Waals surface area contributed by atoms with Crippen molar-refractivity contribution in [2.45, 2.75) is 13.8 Å². The zero-order valence-corrected chi connectivity index (χ0v) is 11.2. The highest BCUT2D eigenvalue weighted by atomic mass is 79.9. The van der Waals surface area contributed by atoms with Crippen molar-refractivity contribution in [3.63, 3.8) is 0 Å². The topological polar surface area (TPSA) is 42.9 Å². The second kappa shape index (κ2) is 4.43. The molecule has 0 aromatic carbocycles. The summed E-state index contributed by atoms with van der Waals surface area (Å²) in [6.45, 7) is 3.34. The van der Waals surface area contributed by atoms with Gasteiger partial charge in [-0.3, -0.25) is 4.79 Å². The van der Waals surface area contributed by atoms with Crippen LogP contribution in [0.15, 0.2) is 22.1 Å². The van der Waals surface area contributed by atoms with Gasteiger partial charge in [-0.15, -0.1) is 11.3 Å². The molecule has 5 heteroatoms. The summed E-state index contributed by atoms with van der Waals surface area (Å²) < 4.78 is 1.02. The Balaban J connectivity index is 2.45. The van der Waals surface area contributed by atoms with E-state index in [4.69, 9.17) is 0 Å². The van der Waals surface area contributed by atoms with Gasteiger partial charge in [0.05, 0.1) is 16.1 Å². The minimum Gasteiger partial charge on any atom is -0.294 e. The molecule has 0 bridgehead atoms. The third-order valence-corrected chi connectivity index (χ3v) is 3.83. The number of halogens is 1. The number of hydrogen-bond donors (Lipinski definition) is 0. The second-order valence-electron chi connectivity index (χ2n) is 3.38. The van der Waals surface area contributed by atoms with Crippen molar-refractivity contribution in [2.24, 2.45) is 0 Å². The summed E-state index contributed by atoms with van der Waals surface area (Å²) in [4.78, 5) is 20.8. The zero-order chi connectivity index (χ0) is 11.7. The lowest BCUT2D eigenvalue weighted by Gasteiger charge is -2.02. The van der Waals surface area contributed by atoms with E-state index in [1.165, 1.54) is 6.92 Å². The monoisotopic (exact) mass is 296 g/mol. The van der Waals surface area contributed by atoms with Crippen LogP contribution in [0.25, 0.3) is 10.7 Å². The summed E-state index contributed by atoms with van der Waals surface area (Å²) in [5.74, 6) is 0.662. The Morgan fingerprint density at radius 2 is 2.25 bits per heavy atom. The third-order valence-electron chi connectivity index (χ3n) is 2.15. The highest BCUT2D eigenvalue weighted by molar-refractivity contribution is 9.10. The van der Waals surface area contributed by atoms with Gasteiger partial charge in [-0.25, -0.2) is 9.97 Å². The molecule has 0 atom stereocenters. The van der Waals surface area contributed by atoms with Crippen LogP contribution in [-0.2, 0) is 0 Å². The Kier molecular flexibility index (Phi) is 3.16. The molecular weight excluding hydrogens is 288 g/mol. The van der Waals surface area contributed by atoms with Gasteiger partial charge >= 0.3 is 0 Å². The average molecular weight is 297 g/mol. The van der Waals surface area contributed by atoms with E-state index >= 15 is 0 Å². The van der Waals surface area contributed by atoms with Gasteiger partial charge in [0.1, 0.15) is 0 Å². The Hall–Kier alpha value is -1.07. The van der Waals surface area contributed by atoms with Crippen LogP contribution in [0.4, 0.5) is 0 Å². The maximum absolute atomic E-state index is 11.2. The van der Waals surface area contributed by atoms with Crippen molar-refractivity contribution >= 4 is 33.0 Å². The number of aryl methyl sites for hydroxylation is 1. The molecule has 0 radical (unpaired) electrons. The fourth-order valence-corrected chi connectivity index (χ4v) is 2.73. The van der Waals surface area contributed by atoms with Crippen LogP contribution in [0.1, 0.15) is 23.0 Å². The first-order valence-corrected chi connectivity index (χ1v) is 6.34. The Bertz CT molecular complexity index is 551. The molecule has 0 saturated carbocycles. The zero-order valence-electron chi connectivity index (χ0n) is 8.82. The number of rotatable bonds is 2. The van der Waals surface area contributed by atoms with Crippen molar-refractivity contribution in [2.75, 3.05) is 0 Å². The number of aromatic nitrogens is 2. The maximum Gasteiger partial charge on any atom is 0.169 e. The van der Waals surface area contributed by atoms with Gasteiger partial charge in [0.2, 0.25) is 0 Å². The van der Waals surface area contributed by atoms with E-state index in [0.29, 0.717) is 11.4 Å². The van der Waals surface area contributed by atoms with Crippen LogP contribution in [0.5, 0.6) is 0 Å². The van der Waals surface area contributed by atoms with Gasteiger partial charge in [-0.05, 0) is 35.8 Å². The lowest BCUT2D eigenvalue weighted by molar-refractivity contribution is 0.101. The van der Waals surface area contributed by atoms with Crippen LogP contribution in [0, 0.1) is 6.92 Å². The fourth-order valence-electron chi connectivity index (χ4n) is 1.36. The van der Waals surface area contributed by atoms with E-state index in [1.54, 1.807) is 17.5 Å². The van der Waals surface area contributed by atoms with Gasteiger partial charge in [0.25, 0.3) is 0 Å². The molecule has 0 aliphatic rings. The van der Waals surface area contributed by atoms with Gasteiger partial charge in [-0.2, -0.15) is 0 Å². The Morgan fingerprint density at radius 1 is 1.50 bits per heavy atom. The lowest BCUT2D eigenvalue weighted by Crippen LogP contribution is -2.01. The average Bonchev–Trinajstić information content (AvgIpc) is 2.64. The first-order chi connectivity index (χ1) is 7.58.